The molecule has 1 unspecified atom stereocenters. The highest BCUT2D eigenvalue weighted by molar-refractivity contribution is 6.31. The van der Waals surface area contributed by atoms with E-state index in [0.29, 0.717) is 5.02 Å². The van der Waals surface area contributed by atoms with Gasteiger partial charge in [-0.1, -0.05) is 42.3 Å². The third-order valence-corrected chi connectivity index (χ3v) is 4.23. The van der Waals surface area contributed by atoms with Gasteiger partial charge in [-0.25, -0.2) is 0 Å². The lowest BCUT2D eigenvalue weighted by atomic mass is 10.0. The first kappa shape index (κ1) is 16.3. The number of aromatic nitrogens is 2. The Bertz CT molecular complexity index is 608. The molecule has 0 aliphatic rings. The first-order valence-corrected chi connectivity index (χ1v) is 8.04. The maximum absolute atomic E-state index is 6.36. The molecular formula is C16H21Cl2N3. The van der Waals surface area contributed by atoms with Crippen molar-refractivity contribution in [1.29, 1.82) is 0 Å². The zero-order valence-electron chi connectivity index (χ0n) is 12.7. The third-order valence-electron chi connectivity index (χ3n) is 3.53. The average Bonchev–Trinajstić information content (AvgIpc) is 2.84. The fourth-order valence-corrected chi connectivity index (χ4v) is 2.80. The summed E-state index contributed by atoms with van der Waals surface area (Å²) in [5, 5.41) is 9.34. The van der Waals surface area contributed by atoms with Crippen molar-refractivity contribution in [1.82, 2.24) is 15.1 Å². The normalized spacial score (nSPS) is 12.6. The molecule has 0 aliphatic carbocycles. The Morgan fingerprint density at radius 2 is 2.00 bits per heavy atom. The molecule has 5 heteroatoms. The molecule has 0 saturated heterocycles. The quantitative estimate of drug-likeness (QED) is 0.840. The van der Waals surface area contributed by atoms with Crippen molar-refractivity contribution in [2.75, 3.05) is 6.54 Å². The second-order valence-electron chi connectivity index (χ2n) is 5.09. The van der Waals surface area contributed by atoms with Gasteiger partial charge in [0.1, 0.15) is 0 Å². The van der Waals surface area contributed by atoms with Crippen molar-refractivity contribution in [3.05, 3.63) is 51.3 Å². The summed E-state index contributed by atoms with van der Waals surface area (Å²) in [4.78, 5) is 0. The van der Waals surface area contributed by atoms with Gasteiger partial charge in [-0.15, -0.1) is 0 Å². The molecule has 1 atom stereocenters. The highest BCUT2D eigenvalue weighted by Gasteiger charge is 2.21. The Morgan fingerprint density at radius 3 is 2.62 bits per heavy atom. The Hall–Kier alpha value is -1.03. The van der Waals surface area contributed by atoms with Gasteiger partial charge in [-0.05, 0) is 44.0 Å². The van der Waals surface area contributed by atoms with Crippen LogP contribution < -0.4 is 5.32 Å². The Balaban J connectivity index is 2.46. The predicted molar refractivity (Wildman–Crippen MR) is 89.2 cm³/mol. The fourth-order valence-electron chi connectivity index (χ4n) is 2.36. The van der Waals surface area contributed by atoms with E-state index >= 15 is 0 Å². The van der Waals surface area contributed by atoms with Gasteiger partial charge in [0.05, 0.1) is 23.0 Å². The molecule has 1 heterocycles. The van der Waals surface area contributed by atoms with Crippen LogP contribution in [0.3, 0.4) is 0 Å². The molecule has 0 amide bonds. The van der Waals surface area contributed by atoms with Crippen LogP contribution in [-0.2, 0) is 6.54 Å². The van der Waals surface area contributed by atoms with Crippen LogP contribution in [0.25, 0.3) is 0 Å². The van der Waals surface area contributed by atoms with Crippen molar-refractivity contribution in [2.45, 2.75) is 39.8 Å². The van der Waals surface area contributed by atoms with E-state index in [1.807, 2.05) is 23.7 Å². The number of nitrogens with one attached hydrogen (secondary N) is 1. The number of nitrogens with zero attached hydrogens (tertiary/aromatic N) is 2. The van der Waals surface area contributed by atoms with Gasteiger partial charge in [-0.2, -0.15) is 5.10 Å². The first-order valence-electron chi connectivity index (χ1n) is 7.29. The number of hydrogen-bond donors (Lipinski definition) is 1. The summed E-state index contributed by atoms with van der Waals surface area (Å²) in [5.41, 5.74) is 3.17. The van der Waals surface area contributed by atoms with Crippen molar-refractivity contribution < 1.29 is 0 Å². The second-order valence-corrected chi connectivity index (χ2v) is 5.90. The van der Waals surface area contributed by atoms with Crippen molar-refractivity contribution >= 4 is 23.2 Å². The van der Waals surface area contributed by atoms with E-state index in [9.17, 15) is 0 Å². The minimum Gasteiger partial charge on any atom is -0.305 e. The standard InChI is InChI=1S/C16H21Cl2N3/c1-4-8-19-15(12-7-6-11(3)13(17)9-12)16-14(18)10-20-21(16)5-2/h6-7,9-10,15,19H,4-5,8H2,1-3H3. The van der Waals surface area contributed by atoms with Crippen molar-refractivity contribution in [3.63, 3.8) is 0 Å². The number of benzene rings is 1. The second kappa shape index (κ2) is 7.30. The summed E-state index contributed by atoms with van der Waals surface area (Å²) >= 11 is 12.6. The van der Waals surface area contributed by atoms with Crippen molar-refractivity contribution in [3.8, 4) is 0 Å². The number of rotatable bonds is 6. The lowest BCUT2D eigenvalue weighted by Crippen LogP contribution is -2.26. The minimum absolute atomic E-state index is 0.00185. The van der Waals surface area contributed by atoms with E-state index in [-0.39, 0.29) is 6.04 Å². The van der Waals surface area contributed by atoms with Crippen LogP contribution in [0.15, 0.2) is 24.4 Å². The molecule has 0 radical (unpaired) electrons. The van der Waals surface area contributed by atoms with Crippen LogP contribution in [0.1, 0.15) is 43.1 Å². The maximum atomic E-state index is 6.36. The monoisotopic (exact) mass is 325 g/mol. The Labute approximate surface area is 136 Å². The molecule has 2 rings (SSSR count). The van der Waals surface area contributed by atoms with Gasteiger partial charge in [0.15, 0.2) is 0 Å². The molecule has 114 valence electrons. The van der Waals surface area contributed by atoms with Gasteiger partial charge >= 0.3 is 0 Å². The number of halogens is 2. The highest BCUT2D eigenvalue weighted by Crippen LogP contribution is 2.30. The molecule has 0 fully saturated rings. The van der Waals surface area contributed by atoms with E-state index in [0.717, 1.165) is 41.4 Å². The van der Waals surface area contributed by atoms with E-state index in [1.165, 1.54) is 0 Å². The van der Waals surface area contributed by atoms with Gasteiger partial charge in [0.2, 0.25) is 0 Å². The van der Waals surface area contributed by atoms with Gasteiger partial charge in [-0.3, -0.25) is 4.68 Å². The lowest BCUT2D eigenvalue weighted by Gasteiger charge is -2.21. The minimum atomic E-state index is -0.00185. The Morgan fingerprint density at radius 1 is 1.24 bits per heavy atom. The lowest BCUT2D eigenvalue weighted by molar-refractivity contribution is 0.530. The largest absolute Gasteiger partial charge is 0.305 e. The van der Waals surface area contributed by atoms with Gasteiger partial charge in [0, 0.05) is 11.6 Å². The smallest absolute Gasteiger partial charge is 0.0837 e. The van der Waals surface area contributed by atoms with Crippen LogP contribution in [-0.4, -0.2) is 16.3 Å². The predicted octanol–water partition coefficient (Wildman–Crippen LogP) is 4.61. The zero-order chi connectivity index (χ0) is 15.4. The molecule has 0 spiro atoms. The van der Waals surface area contributed by atoms with Crippen LogP contribution in [0, 0.1) is 6.92 Å². The van der Waals surface area contributed by atoms with Crippen LogP contribution in [0.2, 0.25) is 10.0 Å². The van der Waals surface area contributed by atoms with E-state index in [1.54, 1.807) is 6.20 Å². The van der Waals surface area contributed by atoms with Crippen molar-refractivity contribution in [2.24, 2.45) is 0 Å². The molecule has 1 aromatic carbocycles. The molecule has 1 N–H and O–H groups in total. The summed E-state index contributed by atoms with van der Waals surface area (Å²) in [6.45, 7) is 7.90. The summed E-state index contributed by atoms with van der Waals surface area (Å²) in [5.74, 6) is 0. The SMILES string of the molecule is CCCNC(c1ccc(C)c(Cl)c1)c1c(Cl)cnn1CC. The van der Waals surface area contributed by atoms with Crippen LogP contribution in [0.4, 0.5) is 0 Å². The molecule has 2 aromatic rings. The summed E-state index contributed by atoms with van der Waals surface area (Å²) in [6, 6.07) is 6.14. The molecule has 0 saturated carbocycles. The first-order chi connectivity index (χ1) is 10.1. The molecule has 1 aromatic heterocycles. The number of hydrogen-bond acceptors (Lipinski definition) is 2. The summed E-state index contributed by atoms with van der Waals surface area (Å²) in [7, 11) is 0. The Kier molecular flexibility index (Phi) is 5.68. The van der Waals surface area contributed by atoms with E-state index < -0.39 is 0 Å². The van der Waals surface area contributed by atoms with E-state index in [4.69, 9.17) is 23.2 Å². The summed E-state index contributed by atoms with van der Waals surface area (Å²) < 4.78 is 1.93. The topological polar surface area (TPSA) is 29.9 Å². The molecule has 0 bridgehead atoms. The molecule has 3 nitrogen and oxygen atoms in total. The highest BCUT2D eigenvalue weighted by atomic mass is 35.5. The number of aryl methyl sites for hydroxylation is 2. The fraction of sp³-hybridized carbons (Fsp3) is 0.438. The molecular weight excluding hydrogens is 305 g/mol. The van der Waals surface area contributed by atoms with Gasteiger partial charge < -0.3 is 5.32 Å². The molecule has 21 heavy (non-hydrogen) atoms. The third kappa shape index (κ3) is 3.60. The van der Waals surface area contributed by atoms with E-state index in [2.05, 4.69) is 30.3 Å². The van der Waals surface area contributed by atoms with Crippen LogP contribution >= 0.6 is 23.2 Å². The molecule has 0 aliphatic heterocycles. The maximum Gasteiger partial charge on any atom is 0.0837 e. The van der Waals surface area contributed by atoms with Gasteiger partial charge in [0.25, 0.3) is 0 Å². The van der Waals surface area contributed by atoms with Crippen LogP contribution in [0.5, 0.6) is 0 Å². The summed E-state index contributed by atoms with van der Waals surface area (Å²) in [6.07, 6.45) is 2.75. The zero-order valence-corrected chi connectivity index (χ0v) is 14.2. The average molecular weight is 326 g/mol.